The van der Waals surface area contributed by atoms with Gasteiger partial charge in [0.25, 0.3) is 5.91 Å². The van der Waals surface area contributed by atoms with Crippen LogP contribution in [0.4, 0.5) is 5.69 Å². The summed E-state index contributed by atoms with van der Waals surface area (Å²) < 4.78 is 5.60. The van der Waals surface area contributed by atoms with Gasteiger partial charge in [0.1, 0.15) is 16.9 Å². The lowest BCUT2D eigenvalue weighted by Gasteiger charge is -2.38. The Hall–Kier alpha value is -2.30. The minimum Gasteiger partial charge on any atom is -0.449 e. The monoisotopic (exact) mass is 256 g/mol. The van der Waals surface area contributed by atoms with Crippen molar-refractivity contribution in [1.82, 2.24) is 5.32 Å². The Labute approximate surface area is 109 Å². The van der Waals surface area contributed by atoms with Gasteiger partial charge in [0.2, 0.25) is 11.7 Å². The molecule has 0 radical (unpaired) electrons. The number of nitrogens with zero attached hydrogens (tertiary/aromatic N) is 1. The van der Waals surface area contributed by atoms with Crippen molar-refractivity contribution in [1.29, 1.82) is 0 Å². The third kappa shape index (κ3) is 1.19. The summed E-state index contributed by atoms with van der Waals surface area (Å²) in [6.45, 7) is 1.88. The van der Waals surface area contributed by atoms with Gasteiger partial charge in [-0.2, -0.15) is 0 Å². The molecule has 1 N–H and O–H groups in total. The van der Waals surface area contributed by atoms with E-state index in [0.717, 1.165) is 5.39 Å². The standard InChI is InChI=1S/C14H12N2O3/c1-14-7-6-10(17)16(14)11-8-4-2-3-5-9(8)19-12(11)13(18)15-14/h2-5H,6-7H2,1H3,(H,15,18). The quantitative estimate of drug-likeness (QED) is 0.784. The molecule has 0 saturated carbocycles. The maximum atomic E-state index is 12.2. The number of furan rings is 1. The van der Waals surface area contributed by atoms with Crippen molar-refractivity contribution in [2.24, 2.45) is 0 Å². The van der Waals surface area contributed by atoms with Crippen LogP contribution in [0.3, 0.4) is 0 Å². The lowest BCUT2D eigenvalue weighted by molar-refractivity contribution is -0.117. The van der Waals surface area contributed by atoms with E-state index in [0.29, 0.717) is 24.1 Å². The lowest BCUT2D eigenvalue weighted by atomic mass is 10.0. The third-order valence-corrected chi connectivity index (χ3v) is 3.95. The summed E-state index contributed by atoms with van der Waals surface area (Å²) in [7, 11) is 0. The molecule has 5 nitrogen and oxygen atoms in total. The largest absolute Gasteiger partial charge is 0.449 e. The van der Waals surface area contributed by atoms with Crippen molar-refractivity contribution in [2.75, 3.05) is 4.90 Å². The second-order valence-electron chi connectivity index (χ2n) is 5.23. The average molecular weight is 256 g/mol. The number of amides is 2. The van der Waals surface area contributed by atoms with Crippen LogP contribution >= 0.6 is 0 Å². The summed E-state index contributed by atoms with van der Waals surface area (Å²) in [4.78, 5) is 26.0. The summed E-state index contributed by atoms with van der Waals surface area (Å²) in [6.07, 6.45) is 1.06. The topological polar surface area (TPSA) is 62.6 Å². The molecule has 0 spiro atoms. The minimum absolute atomic E-state index is 0.0234. The summed E-state index contributed by atoms with van der Waals surface area (Å²) in [5.41, 5.74) is 0.615. The first-order chi connectivity index (χ1) is 9.10. The Morgan fingerprint density at radius 2 is 2.11 bits per heavy atom. The van der Waals surface area contributed by atoms with Crippen LogP contribution in [0, 0.1) is 0 Å². The molecule has 4 rings (SSSR count). The van der Waals surface area contributed by atoms with Gasteiger partial charge in [0.15, 0.2) is 0 Å². The molecule has 2 amide bonds. The van der Waals surface area contributed by atoms with E-state index in [1.54, 1.807) is 11.0 Å². The normalized spacial score (nSPS) is 25.4. The predicted octanol–water partition coefficient (Wildman–Crippen LogP) is 2.02. The van der Waals surface area contributed by atoms with Crippen LogP contribution in [-0.2, 0) is 4.79 Å². The molecule has 0 bridgehead atoms. The molecule has 5 heteroatoms. The highest BCUT2D eigenvalue weighted by atomic mass is 16.3. The molecule has 1 aromatic carbocycles. The fourth-order valence-corrected chi connectivity index (χ4v) is 3.05. The fourth-order valence-electron chi connectivity index (χ4n) is 3.05. The Balaban J connectivity index is 2.09. The molecule has 1 unspecified atom stereocenters. The molecule has 3 heterocycles. The maximum absolute atomic E-state index is 12.2. The lowest BCUT2D eigenvalue weighted by Crippen LogP contribution is -2.59. The molecule has 1 atom stereocenters. The molecule has 2 aliphatic rings. The van der Waals surface area contributed by atoms with Gasteiger partial charge in [-0.3, -0.25) is 14.5 Å². The van der Waals surface area contributed by atoms with Gasteiger partial charge in [-0.1, -0.05) is 12.1 Å². The van der Waals surface area contributed by atoms with Gasteiger partial charge in [0, 0.05) is 11.8 Å². The Kier molecular flexibility index (Phi) is 1.77. The molecule has 2 aliphatic heterocycles. The van der Waals surface area contributed by atoms with Crippen LogP contribution in [-0.4, -0.2) is 17.5 Å². The second-order valence-corrected chi connectivity index (χ2v) is 5.23. The van der Waals surface area contributed by atoms with Gasteiger partial charge in [0.05, 0.1) is 0 Å². The van der Waals surface area contributed by atoms with E-state index in [4.69, 9.17) is 4.42 Å². The molecule has 1 saturated heterocycles. The SMILES string of the molecule is CC12CCC(=O)N1c1c(oc3ccccc13)C(=O)N2. The minimum atomic E-state index is -0.631. The first-order valence-electron chi connectivity index (χ1n) is 6.27. The summed E-state index contributed by atoms with van der Waals surface area (Å²) in [5, 5.41) is 3.69. The zero-order valence-electron chi connectivity index (χ0n) is 10.4. The van der Waals surface area contributed by atoms with Crippen molar-refractivity contribution in [3.63, 3.8) is 0 Å². The second kappa shape index (κ2) is 3.17. The molecule has 2 aromatic rings. The number of rotatable bonds is 0. The van der Waals surface area contributed by atoms with Gasteiger partial charge in [-0.25, -0.2) is 0 Å². The van der Waals surface area contributed by atoms with E-state index >= 15 is 0 Å². The molecule has 19 heavy (non-hydrogen) atoms. The van der Waals surface area contributed by atoms with E-state index in [1.165, 1.54) is 0 Å². The van der Waals surface area contributed by atoms with E-state index in [2.05, 4.69) is 5.32 Å². The Morgan fingerprint density at radius 3 is 2.95 bits per heavy atom. The number of hydrogen-bond donors (Lipinski definition) is 1. The van der Waals surface area contributed by atoms with E-state index < -0.39 is 5.66 Å². The van der Waals surface area contributed by atoms with Crippen molar-refractivity contribution in [3.8, 4) is 0 Å². The number of carbonyl (C=O) groups excluding carboxylic acids is 2. The van der Waals surface area contributed by atoms with E-state index in [9.17, 15) is 9.59 Å². The average Bonchev–Trinajstić information content (AvgIpc) is 2.89. The van der Waals surface area contributed by atoms with Gasteiger partial charge >= 0.3 is 0 Å². The number of carbonyl (C=O) groups is 2. The smallest absolute Gasteiger partial charge is 0.291 e. The summed E-state index contributed by atoms with van der Waals surface area (Å²) >= 11 is 0. The summed E-state index contributed by atoms with van der Waals surface area (Å²) in [6, 6.07) is 7.41. The molecular weight excluding hydrogens is 244 g/mol. The van der Waals surface area contributed by atoms with E-state index in [1.807, 2.05) is 25.1 Å². The van der Waals surface area contributed by atoms with Crippen LogP contribution in [0.1, 0.15) is 30.3 Å². The van der Waals surface area contributed by atoms with Crippen molar-refractivity contribution in [2.45, 2.75) is 25.4 Å². The van der Waals surface area contributed by atoms with Gasteiger partial charge in [-0.15, -0.1) is 0 Å². The molecule has 0 aliphatic carbocycles. The number of anilines is 1. The number of hydrogen-bond acceptors (Lipinski definition) is 3. The zero-order chi connectivity index (χ0) is 13.2. The van der Waals surface area contributed by atoms with Crippen LogP contribution in [0.5, 0.6) is 0 Å². The van der Waals surface area contributed by atoms with Gasteiger partial charge < -0.3 is 9.73 Å². The highest BCUT2D eigenvalue weighted by Crippen LogP contribution is 2.44. The van der Waals surface area contributed by atoms with Crippen LogP contribution in [0.2, 0.25) is 0 Å². The van der Waals surface area contributed by atoms with Crippen LogP contribution in [0.15, 0.2) is 28.7 Å². The van der Waals surface area contributed by atoms with Crippen LogP contribution < -0.4 is 10.2 Å². The van der Waals surface area contributed by atoms with Crippen LogP contribution in [0.25, 0.3) is 11.0 Å². The molecule has 1 aromatic heterocycles. The molecular formula is C14H12N2O3. The number of benzene rings is 1. The maximum Gasteiger partial charge on any atom is 0.291 e. The van der Waals surface area contributed by atoms with Crippen molar-refractivity contribution < 1.29 is 14.0 Å². The summed E-state index contributed by atoms with van der Waals surface area (Å²) in [5.74, 6) is 0.00359. The predicted molar refractivity (Wildman–Crippen MR) is 68.8 cm³/mol. The Morgan fingerprint density at radius 1 is 1.32 bits per heavy atom. The Bertz CT molecular complexity index is 733. The van der Waals surface area contributed by atoms with Gasteiger partial charge in [-0.05, 0) is 25.5 Å². The number of para-hydroxylation sites is 1. The number of nitrogens with one attached hydrogen (secondary N) is 1. The third-order valence-electron chi connectivity index (χ3n) is 3.95. The van der Waals surface area contributed by atoms with E-state index in [-0.39, 0.29) is 17.6 Å². The fraction of sp³-hybridized carbons (Fsp3) is 0.286. The number of fused-ring (bicyclic) bond motifs is 5. The van der Waals surface area contributed by atoms with Crippen molar-refractivity contribution in [3.05, 3.63) is 30.0 Å². The first-order valence-corrected chi connectivity index (χ1v) is 6.27. The molecule has 96 valence electrons. The highest BCUT2D eigenvalue weighted by Gasteiger charge is 2.50. The first kappa shape index (κ1) is 10.6. The molecule has 1 fully saturated rings. The zero-order valence-corrected chi connectivity index (χ0v) is 10.4. The van der Waals surface area contributed by atoms with Crippen molar-refractivity contribution >= 4 is 28.5 Å². The highest BCUT2D eigenvalue weighted by molar-refractivity contribution is 6.15.